The Labute approximate surface area is 459 Å². The number of piperidine rings is 2. The number of carbonyl (C=O) groups excluding carboxylic acids is 1. The maximum atomic E-state index is 14.1. The fourth-order valence-corrected chi connectivity index (χ4v) is 15.9. The van der Waals surface area contributed by atoms with E-state index in [9.17, 15) is 13.9 Å². The average molecular weight is 1120 g/mol. The van der Waals surface area contributed by atoms with Crippen LogP contribution < -0.4 is 30.3 Å². The Bertz CT molecular complexity index is 3020. The van der Waals surface area contributed by atoms with Gasteiger partial charge in [-0.3, -0.25) is 13.6 Å². The maximum Gasteiger partial charge on any atom is 0.248 e. The summed E-state index contributed by atoms with van der Waals surface area (Å²) in [6.07, 6.45) is 25.4. The number of allylic oxidation sites excluding steroid dienone is 1. The van der Waals surface area contributed by atoms with Gasteiger partial charge in [0.05, 0.1) is 43.3 Å². The van der Waals surface area contributed by atoms with Crippen LogP contribution in [0.3, 0.4) is 0 Å². The molecule has 4 aliphatic rings. The average Bonchev–Trinajstić information content (AvgIpc) is 4.22. The van der Waals surface area contributed by atoms with Crippen molar-refractivity contribution in [3.63, 3.8) is 0 Å². The first-order valence-corrected chi connectivity index (χ1v) is 30.3. The molecule has 10 rings (SSSR count). The number of amides is 1. The topological polar surface area (TPSA) is 192 Å². The monoisotopic (exact) mass is 1120 g/mol. The highest BCUT2D eigenvalue weighted by Gasteiger charge is 2.50. The lowest BCUT2D eigenvalue weighted by molar-refractivity contribution is -0.111. The first kappa shape index (κ1) is 53.5. The Hall–Kier alpha value is -3.89. The lowest BCUT2D eigenvalue weighted by Crippen LogP contribution is -2.54. The highest BCUT2D eigenvalue weighted by molar-refractivity contribution is 8.00. The van der Waals surface area contributed by atoms with Gasteiger partial charge >= 0.3 is 0 Å². The molecular weight excluding hydrogens is 1050 g/mol. The van der Waals surface area contributed by atoms with Crippen molar-refractivity contribution in [2.75, 3.05) is 47.0 Å². The Morgan fingerprint density at radius 3 is 1.76 bits per heavy atom. The normalized spacial score (nSPS) is 20.9. The van der Waals surface area contributed by atoms with Crippen LogP contribution in [0.15, 0.2) is 105 Å². The summed E-state index contributed by atoms with van der Waals surface area (Å²) in [6.45, 7) is 13.4. The smallest absolute Gasteiger partial charge is 0.248 e. The van der Waals surface area contributed by atoms with Crippen LogP contribution in [0, 0.1) is 10.8 Å². The number of halogens is 2. The van der Waals surface area contributed by atoms with E-state index in [1.54, 1.807) is 30.6 Å². The number of hydrogen-bond donors (Lipinski definition) is 4. The van der Waals surface area contributed by atoms with E-state index in [1.165, 1.54) is 29.6 Å². The standard InChI is InChI=1S/C53H66Cl2N12O3S4/c1-50(2,3)73(69)62-41-15-8-19-52(41)21-27-64(28-22-52)49-60-34-40(47-58-26-32-67(47)49)72-38-14-7-12-36(45(38)55)61-43(68)17-10-18-51(4,5)74(70)63-42-16-9-20-53(42)23-29-65(30-24-53)48-59-33-39(46-57-25-31-66(46)48)71-37-13-6-11-35(56)44(37)54/h6-7,10-14,17,25-26,31-34,41-42,62-63H,8-9,15-16,18-24,27-30,56H2,1-5H3,(H,61,68)/b17-10+/t41-,42-,73?,74?/m1/s1. The number of imidazole rings is 2. The van der Waals surface area contributed by atoms with E-state index in [4.69, 9.17) is 43.9 Å². The van der Waals surface area contributed by atoms with Crippen LogP contribution in [-0.4, -0.2) is 91.5 Å². The second-order valence-corrected chi connectivity index (χ2v) is 28.7. The SMILES string of the molecule is CC(C)(C)[S+]([O-])N[C@@H]1CCCC12CCN(c1ncc(Sc3cccc(NC(=O)/C=C/CC(C)(C)[S+]([O-])N[C@@H]4CCCC45CCN(c4ncc(Sc6cccc(N)c6Cl)c6nccn46)CC5)c3Cl)c3nccn13)CC2. The fourth-order valence-electron chi connectivity index (χ4n) is 11.3. The largest absolute Gasteiger partial charge is 0.598 e. The molecule has 2 saturated heterocycles. The van der Waals surface area contributed by atoms with Gasteiger partial charge in [-0.2, -0.15) is 0 Å². The molecule has 4 aromatic heterocycles. The number of nitrogens with two attached hydrogens (primary N) is 1. The van der Waals surface area contributed by atoms with Gasteiger partial charge in [0.15, 0.2) is 11.3 Å². The van der Waals surface area contributed by atoms with Crippen molar-refractivity contribution < 1.29 is 13.9 Å². The van der Waals surface area contributed by atoms with Gasteiger partial charge in [0.25, 0.3) is 0 Å². The molecule has 394 valence electrons. The van der Waals surface area contributed by atoms with Crippen LogP contribution in [0.1, 0.15) is 105 Å². The third-order valence-corrected chi connectivity index (χ3v) is 22.2. The van der Waals surface area contributed by atoms with E-state index in [1.807, 2.05) is 92.5 Å². The summed E-state index contributed by atoms with van der Waals surface area (Å²) in [5, 5.41) is 3.91. The summed E-state index contributed by atoms with van der Waals surface area (Å²) in [5.74, 6) is 1.39. The zero-order chi connectivity index (χ0) is 52.0. The number of anilines is 4. The molecule has 5 N–H and O–H groups in total. The number of fused-ring (bicyclic) bond motifs is 2. The number of carbonyl (C=O) groups is 1. The molecule has 2 unspecified atom stereocenters. The van der Waals surface area contributed by atoms with E-state index in [0.29, 0.717) is 27.8 Å². The van der Waals surface area contributed by atoms with Gasteiger partial charge in [-0.1, -0.05) is 77.8 Å². The highest BCUT2D eigenvalue weighted by Crippen LogP contribution is 2.50. The fraction of sp³-hybridized carbons (Fsp3) is 0.491. The summed E-state index contributed by atoms with van der Waals surface area (Å²) in [6, 6.07) is 11.6. The Kier molecular flexibility index (Phi) is 15.8. The number of nitrogens with one attached hydrogen (secondary N) is 3. The molecule has 15 nitrogen and oxygen atoms in total. The Balaban J connectivity index is 0.719. The van der Waals surface area contributed by atoms with Crippen molar-refractivity contribution in [2.24, 2.45) is 10.8 Å². The first-order chi connectivity index (χ1) is 35.4. The number of benzene rings is 2. The molecule has 21 heteroatoms. The lowest BCUT2D eigenvalue weighted by Gasteiger charge is -2.44. The van der Waals surface area contributed by atoms with Gasteiger partial charge in [0, 0.05) is 102 Å². The summed E-state index contributed by atoms with van der Waals surface area (Å²) in [4.78, 5) is 40.7. The van der Waals surface area contributed by atoms with E-state index < -0.39 is 27.5 Å². The zero-order valence-corrected chi connectivity index (χ0v) is 47.4. The molecule has 0 bridgehead atoms. The molecule has 2 aliphatic heterocycles. The van der Waals surface area contributed by atoms with E-state index in [-0.39, 0.29) is 33.6 Å². The van der Waals surface area contributed by atoms with Crippen LogP contribution >= 0.6 is 46.7 Å². The minimum Gasteiger partial charge on any atom is -0.598 e. The first-order valence-electron chi connectivity index (χ1n) is 25.6. The van der Waals surface area contributed by atoms with Crippen molar-refractivity contribution in [2.45, 2.75) is 146 Å². The molecule has 1 amide bonds. The molecule has 4 fully saturated rings. The van der Waals surface area contributed by atoms with Gasteiger partial charge in [-0.15, -0.1) is 9.44 Å². The van der Waals surface area contributed by atoms with E-state index in [0.717, 1.165) is 133 Å². The Morgan fingerprint density at radius 2 is 1.23 bits per heavy atom. The highest BCUT2D eigenvalue weighted by atomic mass is 35.5. The predicted molar refractivity (Wildman–Crippen MR) is 303 cm³/mol. The van der Waals surface area contributed by atoms with Crippen LogP contribution in [0.4, 0.5) is 23.3 Å². The minimum absolute atomic E-state index is 0.0364. The summed E-state index contributed by atoms with van der Waals surface area (Å²) >= 11 is 14.0. The van der Waals surface area contributed by atoms with E-state index in [2.05, 4.69) is 29.5 Å². The maximum absolute atomic E-state index is 14.1. The molecule has 2 aromatic carbocycles. The van der Waals surface area contributed by atoms with Crippen molar-refractivity contribution in [1.82, 2.24) is 38.2 Å². The van der Waals surface area contributed by atoms with Crippen LogP contribution in [0.25, 0.3) is 11.3 Å². The summed E-state index contributed by atoms with van der Waals surface area (Å²) in [7, 11) is 0. The van der Waals surface area contributed by atoms with Crippen LogP contribution in [0.5, 0.6) is 0 Å². The zero-order valence-electron chi connectivity index (χ0n) is 42.6. The van der Waals surface area contributed by atoms with Crippen molar-refractivity contribution in [3.8, 4) is 0 Å². The number of hydrogen-bond acceptors (Lipinski definition) is 14. The van der Waals surface area contributed by atoms with Crippen molar-refractivity contribution >= 4 is 110 Å². The van der Waals surface area contributed by atoms with Gasteiger partial charge in [0.2, 0.25) is 17.8 Å². The number of nitrogen functional groups attached to an aromatic ring is 1. The predicted octanol–water partition coefficient (Wildman–Crippen LogP) is 10.9. The third kappa shape index (κ3) is 11.0. The lowest BCUT2D eigenvalue weighted by atomic mass is 9.74. The number of rotatable bonds is 15. The summed E-state index contributed by atoms with van der Waals surface area (Å²) < 4.78 is 37.4. The van der Waals surface area contributed by atoms with Crippen molar-refractivity contribution in [1.29, 1.82) is 0 Å². The molecular formula is C53H66Cl2N12O3S4. The molecule has 2 spiro atoms. The second kappa shape index (κ2) is 21.9. The van der Waals surface area contributed by atoms with Crippen LogP contribution in [0.2, 0.25) is 10.0 Å². The van der Waals surface area contributed by atoms with E-state index >= 15 is 0 Å². The molecule has 0 radical (unpaired) electrons. The molecule has 2 aliphatic carbocycles. The quantitative estimate of drug-likeness (QED) is 0.0431. The third-order valence-electron chi connectivity index (χ3n) is 15.7. The van der Waals surface area contributed by atoms with Gasteiger partial charge < -0.3 is 30.0 Å². The van der Waals surface area contributed by atoms with Crippen LogP contribution in [-0.2, 0) is 27.5 Å². The van der Waals surface area contributed by atoms with Gasteiger partial charge in [-0.05, 0) is 127 Å². The molecule has 2 saturated carbocycles. The molecule has 74 heavy (non-hydrogen) atoms. The van der Waals surface area contributed by atoms with Gasteiger partial charge in [0.1, 0.15) is 9.49 Å². The molecule has 6 heterocycles. The summed E-state index contributed by atoms with van der Waals surface area (Å²) in [5.41, 5.74) is 8.87. The minimum atomic E-state index is -1.37. The Morgan fingerprint density at radius 1 is 0.730 bits per heavy atom. The second-order valence-electron chi connectivity index (χ2n) is 21.9. The number of nitrogens with zero attached hydrogens (tertiary/aromatic N) is 8. The van der Waals surface area contributed by atoms with Gasteiger partial charge in [-0.25, -0.2) is 19.9 Å². The number of aromatic nitrogens is 6. The molecule has 4 atom stereocenters. The molecule has 6 aromatic rings. The van der Waals surface area contributed by atoms with Crippen molar-refractivity contribution in [3.05, 3.63) is 95.8 Å².